The molecule has 1 amide bonds. The zero-order valence-corrected chi connectivity index (χ0v) is 13.1. The third-order valence-electron chi connectivity index (χ3n) is 3.67. The number of piperidine rings is 1. The second kappa shape index (κ2) is 6.55. The van der Waals surface area contributed by atoms with Crippen LogP contribution in [0.4, 0.5) is 5.69 Å². The van der Waals surface area contributed by atoms with E-state index in [0.29, 0.717) is 5.69 Å². The van der Waals surface area contributed by atoms with E-state index in [4.69, 9.17) is 0 Å². The molecule has 6 nitrogen and oxygen atoms in total. The van der Waals surface area contributed by atoms with Crippen LogP contribution in [0, 0.1) is 0 Å². The van der Waals surface area contributed by atoms with Gasteiger partial charge in [0.15, 0.2) is 0 Å². The average molecular weight is 311 g/mol. The summed E-state index contributed by atoms with van der Waals surface area (Å²) in [5.41, 5.74) is 0.670. The first-order valence-corrected chi connectivity index (χ1v) is 8.46. The van der Waals surface area contributed by atoms with Crippen LogP contribution in [-0.2, 0) is 14.8 Å². The Bertz CT molecular complexity index is 592. The third kappa shape index (κ3) is 4.03. The maximum absolute atomic E-state index is 12.3. The summed E-state index contributed by atoms with van der Waals surface area (Å²) in [4.78, 5) is 13.0. The maximum Gasteiger partial charge on any atom is 0.240 e. The van der Waals surface area contributed by atoms with E-state index in [2.05, 4.69) is 10.0 Å². The number of amides is 1. The Balaban J connectivity index is 2.11. The summed E-state index contributed by atoms with van der Waals surface area (Å²) in [6.45, 7) is 3.12. The Hall–Kier alpha value is -1.44. The molecule has 1 heterocycles. The first-order chi connectivity index (χ1) is 9.90. The smallest absolute Gasteiger partial charge is 0.240 e. The summed E-state index contributed by atoms with van der Waals surface area (Å²) in [5, 5.41) is 3.20. The van der Waals surface area contributed by atoms with Gasteiger partial charge in [0.1, 0.15) is 0 Å². The van der Waals surface area contributed by atoms with E-state index in [0.717, 1.165) is 25.9 Å². The summed E-state index contributed by atoms with van der Waals surface area (Å²) in [6.07, 6.45) is 1.59. The number of nitrogens with one attached hydrogen (secondary N) is 2. The fraction of sp³-hybridized carbons (Fsp3) is 0.500. The van der Waals surface area contributed by atoms with Crippen LogP contribution in [0.3, 0.4) is 0 Å². The molecule has 1 aromatic carbocycles. The number of rotatable bonds is 4. The van der Waals surface area contributed by atoms with E-state index in [1.54, 1.807) is 19.2 Å². The fourth-order valence-electron chi connectivity index (χ4n) is 2.26. The SMILES string of the molecule is CC(=O)N(C)c1ccc(S(=O)(=O)NC2CCNCC2)cc1. The molecule has 0 aliphatic carbocycles. The molecule has 2 rings (SSSR count). The van der Waals surface area contributed by atoms with Crippen molar-refractivity contribution in [1.29, 1.82) is 0 Å². The Kier molecular flexibility index (Phi) is 4.97. The predicted octanol–water partition coefficient (Wildman–Crippen LogP) is 0.700. The minimum absolute atomic E-state index is 0.0178. The van der Waals surface area contributed by atoms with Crippen LogP contribution in [0.5, 0.6) is 0 Å². The zero-order valence-electron chi connectivity index (χ0n) is 12.3. The quantitative estimate of drug-likeness (QED) is 0.858. The number of nitrogens with zero attached hydrogens (tertiary/aromatic N) is 1. The summed E-state index contributed by atoms with van der Waals surface area (Å²) in [5.74, 6) is -0.0987. The summed E-state index contributed by atoms with van der Waals surface area (Å²) >= 11 is 0. The monoisotopic (exact) mass is 311 g/mol. The van der Waals surface area contributed by atoms with Crippen molar-refractivity contribution < 1.29 is 13.2 Å². The van der Waals surface area contributed by atoms with Gasteiger partial charge in [-0.25, -0.2) is 13.1 Å². The van der Waals surface area contributed by atoms with Gasteiger partial charge in [-0.3, -0.25) is 4.79 Å². The van der Waals surface area contributed by atoms with Gasteiger partial charge in [0, 0.05) is 25.7 Å². The molecule has 0 bridgehead atoms. The molecule has 21 heavy (non-hydrogen) atoms. The van der Waals surface area contributed by atoms with Crippen molar-refractivity contribution in [1.82, 2.24) is 10.0 Å². The number of hydrogen-bond donors (Lipinski definition) is 2. The summed E-state index contributed by atoms with van der Waals surface area (Å²) in [7, 11) is -1.85. The zero-order chi connectivity index (χ0) is 15.5. The lowest BCUT2D eigenvalue weighted by Gasteiger charge is -2.23. The van der Waals surface area contributed by atoms with Crippen LogP contribution < -0.4 is 14.9 Å². The Morgan fingerprint density at radius 2 is 1.81 bits per heavy atom. The molecule has 1 fully saturated rings. The van der Waals surface area contributed by atoms with E-state index >= 15 is 0 Å². The van der Waals surface area contributed by atoms with Gasteiger partial charge in [-0.05, 0) is 50.2 Å². The van der Waals surface area contributed by atoms with Crippen LogP contribution in [0.15, 0.2) is 29.2 Å². The van der Waals surface area contributed by atoms with Crippen LogP contribution in [0.2, 0.25) is 0 Å². The van der Waals surface area contributed by atoms with Gasteiger partial charge >= 0.3 is 0 Å². The first-order valence-electron chi connectivity index (χ1n) is 6.97. The first kappa shape index (κ1) is 15.9. The molecule has 2 N–H and O–H groups in total. The van der Waals surface area contributed by atoms with Crippen molar-refractivity contribution in [2.45, 2.75) is 30.7 Å². The molecule has 1 aliphatic rings. The van der Waals surface area contributed by atoms with Crippen LogP contribution in [0.1, 0.15) is 19.8 Å². The normalized spacial score (nSPS) is 16.7. The number of hydrogen-bond acceptors (Lipinski definition) is 4. The lowest BCUT2D eigenvalue weighted by atomic mass is 10.1. The molecular formula is C14H21N3O3S. The molecule has 116 valence electrons. The highest BCUT2D eigenvalue weighted by atomic mass is 32.2. The second-order valence-electron chi connectivity index (χ2n) is 5.22. The van der Waals surface area contributed by atoms with Crippen LogP contribution in [-0.4, -0.2) is 40.5 Å². The minimum Gasteiger partial charge on any atom is -0.317 e. The van der Waals surface area contributed by atoms with Gasteiger partial charge < -0.3 is 10.2 Å². The van der Waals surface area contributed by atoms with Gasteiger partial charge in [-0.15, -0.1) is 0 Å². The van der Waals surface area contributed by atoms with Gasteiger partial charge in [0.2, 0.25) is 15.9 Å². The number of sulfonamides is 1. The minimum atomic E-state index is -3.50. The van der Waals surface area contributed by atoms with Gasteiger partial charge in [-0.1, -0.05) is 0 Å². The van der Waals surface area contributed by atoms with Gasteiger partial charge in [-0.2, -0.15) is 0 Å². The standard InChI is InChI=1S/C14H21N3O3S/c1-11(18)17(2)13-3-5-14(6-4-13)21(19,20)16-12-7-9-15-10-8-12/h3-6,12,15-16H,7-10H2,1-2H3. The average Bonchev–Trinajstić information content (AvgIpc) is 2.47. The number of anilines is 1. The van der Waals surface area contributed by atoms with E-state index in [1.807, 2.05) is 0 Å². The topological polar surface area (TPSA) is 78.5 Å². The van der Waals surface area contributed by atoms with Crippen LogP contribution >= 0.6 is 0 Å². The molecule has 0 saturated carbocycles. The number of benzene rings is 1. The van der Waals surface area contributed by atoms with E-state index in [-0.39, 0.29) is 16.8 Å². The molecule has 1 saturated heterocycles. The largest absolute Gasteiger partial charge is 0.317 e. The number of carbonyl (C=O) groups excluding carboxylic acids is 1. The highest BCUT2D eigenvalue weighted by Crippen LogP contribution is 2.18. The van der Waals surface area contributed by atoms with Gasteiger partial charge in [0.05, 0.1) is 4.90 Å². The molecule has 0 radical (unpaired) electrons. The lowest BCUT2D eigenvalue weighted by Crippen LogP contribution is -2.42. The number of carbonyl (C=O) groups is 1. The predicted molar refractivity (Wildman–Crippen MR) is 81.7 cm³/mol. The highest BCUT2D eigenvalue weighted by Gasteiger charge is 2.21. The fourth-order valence-corrected chi connectivity index (χ4v) is 3.56. The molecule has 0 atom stereocenters. The van der Waals surface area contributed by atoms with E-state index < -0.39 is 10.0 Å². The van der Waals surface area contributed by atoms with E-state index in [9.17, 15) is 13.2 Å². The lowest BCUT2D eigenvalue weighted by molar-refractivity contribution is -0.116. The highest BCUT2D eigenvalue weighted by molar-refractivity contribution is 7.89. The summed E-state index contributed by atoms with van der Waals surface area (Å²) in [6, 6.07) is 6.31. The van der Waals surface area contributed by atoms with Crippen LogP contribution in [0.25, 0.3) is 0 Å². The Morgan fingerprint density at radius 1 is 1.24 bits per heavy atom. The van der Waals surface area contributed by atoms with Crippen molar-refractivity contribution >= 4 is 21.6 Å². The molecule has 1 aliphatic heterocycles. The molecular weight excluding hydrogens is 290 g/mol. The van der Waals surface area contributed by atoms with Crippen molar-refractivity contribution in [3.05, 3.63) is 24.3 Å². The molecule has 0 spiro atoms. The second-order valence-corrected chi connectivity index (χ2v) is 6.93. The molecule has 7 heteroatoms. The maximum atomic E-state index is 12.3. The summed E-state index contributed by atoms with van der Waals surface area (Å²) < 4.78 is 27.3. The Labute approximate surface area is 125 Å². The molecule has 0 unspecified atom stereocenters. The van der Waals surface area contributed by atoms with Crippen molar-refractivity contribution in [2.24, 2.45) is 0 Å². The van der Waals surface area contributed by atoms with Crippen molar-refractivity contribution in [3.63, 3.8) is 0 Å². The third-order valence-corrected chi connectivity index (χ3v) is 5.20. The molecule has 0 aromatic heterocycles. The Morgan fingerprint density at radius 3 is 2.33 bits per heavy atom. The van der Waals surface area contributed by atoms with Crippen molar-refractivity contribution in [3.8, 4) is 0 Å². The van der Waals surface area contributed by atoms with Gasteiger partial charge in [0.25, 0.3) is 0 Å². The van der Waals surface area contributed by atoms with Crippen molar-refractivity contribution in [2.75, 3.05) is 25.0 Å². The van der Waals surface area contributed by atoms with E-state index in [1.165, 1.54) is 24.0 Å². The molecule has 1 aromatic rings.